The van der Waals surface area contributed by atoms with Crippen molar-refractivity contribution in [2.24, 2.45) is 0 Å². The van der Waals surface area contributed by atoms with E-state index in [1.54, 1.807) is 12.1 Å². The van der Waals surface area contributed by atoms with E-state index in [0.717, 1.165) is 11.1 Å². The first-order valence-corrected chi connectivity index (χ1v) is 4.78. The van der Waals surface area contributed by atoms with Crippen LogP contribution in [0.25, 0.3) is 11.1 Å². The summed E-state index contributed by atoms with van der Waals surface area (Å²) in [5.41, 5.74) is 2.00. The number of nitro groups is 1. The van der Waals surface area contributed by atoms with Gasteiger partial charge in [0.25, 0.3) is 5.69 Å². The van der Waals surface area contributed by atoms with Gasteiger partial charge in [-0.15, -0.1) is 0 Å². The molecular weight excluding hydrogens is 201 g/mol. The number of hydrogen-bond acceptors (Lipinski definition) is 2. The average Bonchev–Trinajstić information content (AvgIpc) is 2.29. The lowest BCUT2D eigenvalue weighted by atomic mass is 9.90. The van der Waals surface area contributed by atoms with Crippen LogP contribution in [0, 0.1) is 10.1 Å². The number of nitro benzene ring substituents is 1. The Hall–Kier alpha value is -2.10. The van der Waals surface area contributed by atoms with Crippen LogP contribution in [0.4, 0.5) is 5.69 Å². The molecule has 0 heterocycles. The van der Waals surface area contributed by atoms with E-state index in [1.165, 1.54) is 6.07 Å². The van der Waals surface area contributed by atoms with E-state index in [9.17, 15) is 10.1 Å². The molecule has 0 bridgehead atoms. The third kappa shape index (κ3) is 1.96. The van der Waals surface area contributed by atoms with Gasteiger partial charge in [-0.2, -0.15) is 0 Å². The third-order valence-corrected chi connectivity index (χ3v) is 2.33. The van der Waals surface area contributed by atoms with Gasteiger partial charge in [-0.1, -0.05) is 36.4 Å². The van der Waals surface area contributed by atoms with Crippen LogP contribution in [-0.2, 0) is 0 Å². The van der Waals surface area contributed by atoms with Crippen molar-refractivity contribution in [1.29, 1.82) is 0 Å². The Labute approximate surface area is 94.3 Å². The van der Waals surface area contributed by atoms with Crippen molar-refractivity contribution in [3.63, 3.8) is 0 Å². The predicted octanol–water partition coefficient (Wildman–Crippen LogP) is 2.06. The monoisotopic (exact) mass is 209 g/mol. The van der Waals surface area contributed by atoms with Crippen LogP contribution in [-0.4, -0.2) is 12.8 Å². The number of rotatable bonds is 2. The van der Waals surface area contributed by atoms with Crippen molar-refractivity contribution >= 4 is 19.0 Å². The maximum absolute atomic E-state index is 10.6. The summed E-state index contributed by atoms with van der Waals surface area (Å²) < 4.78 is 0. The Morgan fingerprint density at radius 1 is 1.00 bits per heavy atom. The second-order valence-electron chi connectivity index (χ2n) is 3.40. The smallest absolute Gasteiger partial charge is 0.258 e. The highest BCUT2D eigenvalue weighted by Gasteiger charge is 2.09. The summed E-state index contributed by atoms with van der Waals surface area (Å²) in [6.45, 7) is 0. The molecular formula is C12H8BNO2. The van der Waals surface area contributed by atoms with Crippen molar-refractivity contribution in [2.75, 3.05) is 0 Å². The lowest BCUT2D eigenvalue weighted by Gasteiger charge is -2.03. The number of nitrogens with zero attached hydrogens (tertiary/aromatic N) is 1. The summed E-state index contributed by atoms with van der Waals surface area (Å²) in [6.07, 6.45) is 0. The highest BCUT2D eigenvalue weighted by molar-refractivity contribution is 6.35. The Kier molecular flexibility index (Phi) is 2.73. The molecule has 0 N–H and O–H groups in total. The molecule has 16 heavy (non-hydrogen) atoms. The fourth-order valence-electron chi connectivity index (χ4n) is 1.53. The molecule has 0 fully saturated rings. The predicted molar refractivity (Wildman–Crippen MR) is 63.9 cm³/mol. The summed E-state index contributed by atoms with van der Waals surface area (Å²) in [5.74, 6) is 0. The topological polar surface area (TPSA) is 43.1 Å². The first-order chi connectivity index (χ1) is 7.68. The molecule has 0 aliphatic carbocycles. The van der Waals surface area contributed by atoms with E-state index in [4.69, 9.17) is 7.85 Å². The summed E-state index contributed by atoms with van der Waals surface area (Å²) in [5, 5.41) is 10.6. The van der Waals surface area contributed by atoms with Gasteiger partial charge in [0.2, 0.25) is 0 Å². The standard InChI is InChI=1S/C12H8BNO2/c13-11-8-10(6-7-12(11)14(15)16)9-4-2-1-3-5-9/h1-8H. The highest BCUT2D eigenvalue weighted by atomic mass is 16.6. The van der Waals surface area contributed by atoms with E-state index < -0.39 is 4.92 Å². The van der Waals surface area contributed by atoms with Crippen LogP contribution in [0.5, 0.6) is 0 Å². The number of hydrogen-bond donors (Lipinski definition) is 0. The van der Waals surface area contributed by atoms with Gasteiger partial charge in [0.05, 0.1) is 4.92 Å². The van der Waals surface area contributed by atoms with Crippen LogP contribution < -0.4 is 5.46 Å². The molecule has 2 rings (SSSR count). The SMILES string of the molecule is [B]c1cc(-c2ccccc2)ccc1[N+](=O)[O-]. The quantitative estimate of drug-likeness (QED) is 0.431. The van der Waals surface area contributed by atoms with Crippen molar-refractivity contribution in [3.05, 3.63) is 58.6 Å². The molecule has 0 atom stereocenters. The first-order valence-electron chi connectivity index (χ1n) is 4.78. The van der Waals surface area contributed by atoms with Crippen LogP contribution in [0.1, 0.15) is 0 Å². The molecule has 2 aromatic carbocycles. The van der Waals surface area contributed by atoms with E-state index in [1.807, 2.05) is 30.3 Å². The van der Waals surface area contributed by atoms with Crippen molar-refractivity contribution in [1.82, 2.24) is 0 Å². The van der Waals surface area contributed by atoms with Crippen LogP contribution in [0.3, 0.4) is 0 Å². The highest BCUT2D eigenvalue weighted by Crippen LogP contribution is 2.20. The minimum absolute atomic E-state index is 0.0559. The molecule has 0 aliphatic rings. The average molecular weight is 209 g/mol. The van der Waals surface area contributed by atoms with Crippen LogP contribution in [0.2, 0.25) is 0 Å². The Morgan fingerprint density at radius 2 is 1.69 bits per heavy atom. The van der Waals surface area contributed by atoms with Crippen molar-refractivity contribution in [2.45, 2.75) is 0 Å². The lowest BCUT2D eigenvalue weighted by molar-refractivity contribution is -0.383. The Bertz CT molecular complexity index is 526. The molecule has 76 valence electrons. The summed E-state index contributed by atoms with van der Waals surface area (Å²) in [4.78, 5) is 10.1. The fourth-order valence-corrected chi connectivity index (χ4v) is 1.53. The van der Waals surface area contributed by atoms with Crippen molar-refractivity contribution < 1.29 is 4.92 Å². The van der Waals surface area contributed by atoms with Crippen LogP contribution in [0.15, 0.2) is 48.5 Å². The van der Waals surface area contributed by atoms with Gasteiger partial charge in [-0.05, 0) is 22.7 Å². The zero-order chi connectivity index (χ0) is 11.5. The van der Waals surface area contributed by atoms with Gasteiger partial charge in [0, 0.05) is 6.07 Å². The first kappa shape index (κ1) is 10.4. The molecule has 0 unspecified atom stereocenters. The van der Waals surface area contributed by atoms with Gasteiger partial charge in [-0.25, -0.2) is 0 Å². The molecule has 0 saturated heterocycles. The molecule has 0 spiro atoms. The van der Waals surface area contributed by atoms with E-state index in [2.05, 4.69) is 0 Å². The molecule has 0 amide bonds. The second kappa shape index (κ2) is 4.19. The largest absolute Gasteiger partial charge is 0.262 e. The molecule has 0 aromatic heterocycles. The van der Waals surface area contributed by atoms with Gasteiger partial charge in [0.15, 0.2) is 0 Å². The molecule has 0 aliphatic heterocycles. The minimum atomic E-state index is -0.482. The zero-order valence-electron chi connectivity index (χ0n) is 8.46. The molecule has 4 heteroatoms. The molecule has 2 aromatic rings. The Morgan fingerprint density at radius 3 is 2.25 bits per heavy atom. The third-order valence-electron chi connectivity index (χ3n) is 2.33. The van der Waals surface area contributed by atoms with Gasteiger partial charge in [0.1, 0.15) is 7.85 Å². The number of benzene rings is 2. The lowest BCUT2D eigenvalue weighted by Crippen LogP contribution is -2.09. The maximum atomic E-state index is 10.6. The van der Waals surface area contributed by atoms with Gasteiger partial charge >= 0.3 is 0 Å². The summed E-state index contributed by atoms with van der Waals surface area (Å²) >= 11 is 0. The van der Waals surface area contributed by atoms with Crippen molar-refractivity contribution in [3.8, 4) is 11.1 Å². The van der Waals surface area contributed by atoms with E-state index in [0.29, 0.717) is 0 Å². The molecule has 0 saturated carbocycles. The summed E-state index contributed by atoms with van der Waals surface area (Å²) in [7, 11) is 5.62. The molecule has 3 nitrogen and oxygen atoms in total. The zero-order valence-corrected chi connectivity index (χ0v) is 8.46. The van der Waals surface area contributed by atoms with E-state index in [-0.39, 0.29) is 11.2 Å². The van der Waals surface area contributed by atoms with E-state index >= 15 is 0 Å². The fraction of sp³-hybridized carbons (Fsp3) is 0. The molecule has 2 radical (unpaired) electrons. The minimum Gasteiger partial charge on any atom is -0.258 e. The van der Waals surface area contributed by atoms with Gasteiger partial charge in [-0.3, -0.25) is 10.1 Å². The van der Waals surface area contributed by atoms with Crippen LogP contribution >= 0.6 is 0 Å². The van der Waals surface area contributed by atoms with Gasteiger partial charge < -0.3 is 0 Å². The second-order valence-corrected chi connectivity index (χ2v) is 3.40. The normalized spacial score (nSPS) is 10.0. The Balaban J connectivity index is 2.46. The maximum Gasteiger partial charge on any atom is 0.262 e. The summed E-state index contributed by atoms with van der Waals surface area (Å²) in [6, 6.07) is 14.3.